The number of carbonyl (C=O) groups is 1. The molecule has 1 saturated heterocycles. The van der Waals surface area contributed by atoms with Crippen molar-refractivity contribution in [1.29, 1.82) is 0 Å². The Bertz CT molecular complexity index is 786. The number of nitrogens with zero attached hydrogens (tertiary/aromatic N) is 1. The molecule has 0 aromatic heterocycles. The monoisotopic (exact) mass is 415 g/mol. The number of hydrogen-bond acceptors (Lipinski definition) is 3. The van der Waals surface area contributed by atoms with Gasteiger partial charge in [0.05, 0.1) is 6.04 Å². The van der Waals surface area contributed by atoms with Crippen LogP contribution in [0.15, 0.2) is 48.2 Å². The maximum atomic E-state index is 13.1. The highest BCUT2D eigenvalue weighted by molar-refractivity contribution is 7.80. The molecule has 3 aliphatic rings. The zero-order chi connectivity index (χ0) is 20.8. The molecular weight excluding hydrogens is 385 g/mol. The van der Waals surface area contributed by atoms with Gasteiger partial charge in [0.2, 0.25) is 0 Å². The molecule has 29 heavy (non-hydrogen) atoms. The number of piperidine rings is 1. The van der Waals surface area contributed by atoms with E-state index in [1.807, 2.05) is 13.8 Å². The quantitative estimate of drug-likeness (QED) is 0.718. The number of benzene rings is 1. The summed E-state index contributed by atoms with van der Waals surface area (Å²) < 4.78 is 13.1. The number of amides is 1. The number of carbonyl (C=O) groups excluding carboxylic acids is 1. The van der Waals surface area contributed by atoms with Gasteiger partial charge >= 0.3 is 0 Å². The molecule has 1 amide bonds. The lowest BCUT2D eigenvalue weighted by molar-refractivity contribution is 0.0967. The molecule has 156 valence electrons. The van der Waals surface area contributed by atoms with Gasteiger partial charge in [-0.15, -0.1) is 0 Å². The lowest BCUT2D eigenvalue weighted by Gasteiger charge is -2.42. The van der Waals surface area contributed by atoms with E-state index < -0.39 is 0 Å². The molecule has 1 aliphatic carbocycles. The van der Waals surface area contributed by atoms with Crippen molar-refractivity contribution >= 4 is 23.2 Å². The molecule has 4 rings (SSSR count). The van der Waals surface area contributed by atoms with Gasteiger partial charge in [0.1, 0.15) is 5.82 Å². The van der Waals surface area contributed by atoms with Gasteiger partial charge in [0.15, 0.2) is 5.11 Å². The first-order chi connectivity index (χ1) is 14.1. The SMILES string of the molecule is CC.O=C(NC(=S)N1CC(C2CC2)CCC1C1=CNCC=C1)c1ccc(F)cc1. The van der Waals surface area contributed by atoms with Crippen molar-refractivity contribution in [3.63, 3.8) is 0 Å². The Kier molecular flexibility index (Phi) is 7.42. The van der Waals surface area contributed by atoms with Gasteiger partial charge in [-0.1, -0.05) is 26.0 Å². The summed E-state index contributed by atoms with van der Waals surface area (Å²) in [7, 11) is 0. The number of hydrogen-bond donors (Lipinski definition) is 2. The van der Waals surface area contributed by atoms with Crippen LogP contribution in [0.5, 0.6) is 0 Å². The molecule has 2 unspecified atom stereocenters. The number of thiocarbonyl (C=S) groups is 1. The van der Waals surface area contributed by atoms with Crippen LogP contribution in [0.3, 0.4) is 0 Å². The molecule has 1 aromatic rings. The van der Waals surface area contributed by atoms with Crippen LogP contribution in [0.2, 0.25) is 0 Å². The molecule has 0 spiro atoms. The highest BCUT2D eigenvalue weighted by Gasteiger charge is 2.39. The lowest BCUT2D eigenvalue weighted by atomic mass is 9.86. The number of likely N-dealkylation sites (tertiary alicyclic amines) is 1. The maximum Gasteiger partial charge on any atom is 0.257 e. The number of nitrogens with one attached hydrogen (secondary N) is 2. The van der Waals surface area contributed by atoms with Crippen molar-refractivity contribution in [2.75, 3.05) is 13.1 Å². The minimum Gasteiger partial charge on any atom is -0.387 e. The Labute approximate surface area is 178 Å². The summed E-state index contributed by atoms with van der Waals surface area (Å²) in [6.07, 6.45) is 11.2. The van der Waals surface area contributed by atoms with E-state index in [1.165, 1.54) is 49.1 Å². The Hall–Kier alpha value is -2.21. The smallest absolute Gasteiger partial charge is 0.257 e. The Morgan fingerprint density at radius 2 is 1.83 bits per heavy atom. The molecule has 2 N–H and O–H groups in total. The van der Waals surface area contributed by atoms with Crippen LogP contribution in [0.25, 0.3) is 0 Å². The second kappa shape index (κ2) is 10.0. The predicted molar refractivity (Wildman–Crippen MR) is 119 cm³/mol. The van der Waals surface area contributed by atoms with Crippen LogP contribution in [0.4, 0.5) is 4.39 Å². The minimum absolute atomic E-state index is 0.171. The average Bonchev–Trinajstić information content (AvgIpc) is 3.61. The fraction of sp³-hybridized carbons (Fsp3) is 0.478. The first-order valence-electron chi connectivity index (χ1n) is 10.6. The van der Waals surface area contributed by atoms with Gasteiger partial charge in [-0.05, 0) is 79.6 Å². The molecule has 2 fully saturated rings. The maximum absolute atomic E-state index is 13.1. The van der Waals surface area contributed by atoms with E-state index in [-0.39, 0.29) is 17.8 Å². The third kappa shape index (κ3) is 5.44. The van der Waals surface area contributed by atoms with Crippen LogP contribution in [0, 0.1) is 17.7 Å². The topological polar surface area (TPSA) is 44.4 Å². The normalized spacial score (nSPS) is 23.3. The Balaban J connectivity index is 0.00000117. The van der Waals surface area contributed by atoms with Gasteiger partial charge in [-0.3, -0.25) is 10.1 Å². The standard InChI is InChI=1S/C21H24FN3OS.C2H6/c22-18-8-5-15(6-9-18)20(26)24-21(27)25-13-17(14-3-4-14)7-10-19(25)16-2-1-11-23-12-16;1-2/h1-2,5-6,8-9,12,14,17,19,23H,3-4,7,10-11,13H2,(H,24,26,27);1-2H3. The average molecular weight is 416 g/mol. The molecule has 0 bridgehead atoms. The summed E-state index contributed by atoms with van der Waals surface area (Å²) in [6, 6.07) is 5.70. The largest absolute Gasteiger partial charge is 0.387 e. The molecular formula is C23H30FN3OS. The van der Waals surface area contributed by atoms with Crippen LogP contribution in [-0.4, -0.2) is 35.1 Å². The third-order valence-corrected chi connectivity index (χ3v) is 6.03. The van der Waals surface area contributed by atoms with Gasteiger partial charge in [0, 0.05) is 24.9 Å². The summed E-state index contributed by atoms with van der Waals surface area (Å²) in [4.78, 5) is 14.7. The third-order valence-electron chi connectivity index (χ3n) is 5.69. The van der Waals surface area contributed by atoms with E-state index >= 15 is 0 Å². The highest BCUT2D eigenvalue weighted by Crippen LogP contribution is 2.43. The van der Waals surface area contributed by atoms with Gasteiger partial charge in [0.25, 0.3) is 5.91 Å². The first-order valence-corrected chi connectivity index (χ1v) is 11.0. The Morgan fingerprint density at radius 3 is 2.45 bits per heavy atom. The summed E-state index contributed by atoms with van der Waals surface area (Å²) in [5.74, 6) is 0.792. The van der Waals surface area contributed by atoms with Gasteiger partial charge < -0.3 is 10.2 Å². The minimum atomic E-state index is -0.360. The van der Waals surface area contributed by atoms with E-state index in [0.29, 0.717) is 16.6 Å². The van der Waals surface area contributed by atoms with Crippen LogP contribution < -0.4 is 10.6 Å². The number of dihydropyridines is 1. The molecule has 1 aromatic carbocycles. The second-order valence-electron chi connectivity index (χ2n) is 7.56. The number of rotatable bonds is 3. The van der Waals surface area contributed by atoms with Gasteiger partial charge in [-0.2, -0.15) is 0 Å². The molecule has 2 heterocycles. The fourth-order valence-electron chi connectivity index (χ4n) is 4.06. The molecule has 2 aliphatic heterocycles. The molecule has 1 saturated carbocycles. The lowest BCUT2D eigenvalue weighted by Crippen LogP contribution is -2.53. The zero-order valence-corrected chi connectivity index (χ0v) is 18.0. The predicted octanol–water partition coefficient (Wildman–Crippen LogP) is 4.40. The molecule has 2 atom stereocenters. The first kappa shape index (κ1) is 21.5. The van der Waals surface area contributed by atoms with Crippen molar-refractivity contribution in [3.05, 3.63) is 59.6 Å². The summed E-state index contributed by atoms with van der Waals surface area (Å²) in [6.45, 7) is 5.72. The van der Waals surface area contributed by atoms with Crippen molar-refractivity contribution in [1.82, 2.24) is 15.5 Å². The van der Waals surface area contributed by atoms with Gasteiger partial charge in [-0.25, -0.2) is 4.39 Å². The summed E-state index contributed by atoms with van der Waals surface area (Å²) in [5.41, 5.74) is 1.61. The summed E-state index contributed by atoms with van der Waals surface area (Å²) >= 11 is 5.63. The second-order valence-corrected chi connectivity index (χ2v) is 7.95. The van der Waals surface area contributed by atoms with Crippen molar-refractivity contribution in [2.45, 2.75) is 45.6 Å². The summed E-state index contributed by atoms with van der Waals surface area (Å²) in [5, 5.41) is 6.58. The molecule has 4 nitrogen and oxygen atoms in total. The Morgan fingerprint density at radius 1 is 1.14 bits per heavy atom. The number of halogens is 1. The van der Waals surface area contributed by atoms with Crippen molar-refractivity contribution in [2.24, 2.45) is 11.8 Å². The van der Waals surface area contributed by atoms with Crippen LogP contribution >= 0.6 is 12.2 Å². The van der Waals surface area contributed by atoms with Crippen LogP contribution in [-0.2, 0) is 0 Å². The van der Waals surface area contributed by atoms with Crippen LogP contribution in [0.1, 0.15) is 49.9 Å². The van der Waals surface area contributed by atoms with E-state index in [0.717, 1.165) is 25.4 Å². The molecule has 6 heteroatoms. The van der Waals surface area contributed by atoms with E-state index in [9.17, 15) is 9.18 Å². The van der Waals surface area contributed by atoms with E-state index in [2.05, 4.69) is 33.9 Å². The van der Waals surface area contributed by atoms with Crippen molar-refractivity contribution < 1.29 is 9.18 Å². The van der Waals surface area contributed by atoms with E-state index in [4.69, 9.17) is 12.2 Å². The van der Waals surface area contributed by atoms with E-state index in [1.54, 1.807) is 0 Å². The van der Waals surface area contributed by atoms with Crippen molar-refractivity contribution in [3.8, 4) is 0 Å². The fourth-order valence-corrected chi connectivity index (χ4v) is 4.35. The zero-order valence-electron chi connectivity index (χ0n) is 17.2. The highest BCUT2D eigenvalue weighted by atomic mass is 32.1. The molecule has 0 radical (unpaired) electrons.